The molecule has 0 saturated heterocycles. The highest BCUT2D eigenvalue weighted by Crippen LogP contribution is 2.44. The van der Waals surface area contributed by atoms with Crippen LogP contribution in [-0.4, -0.2) is 16.1 Å². The first-order valence-corrected chi connectivity index (χ1v) is 7.77. The van der Waals surface area contributed by atoms with Crippen molar-refractivity contribution in [1.82, 2.24) is 5.32 Å². The van der Waals surface area contributed by atoms with Crippen LogP contribution in [0.3, 0.4) is 0 Å². The fraction of sp³-hybridized carbons (Fsp3) is 0.533. The lowest BCUT2D eigenvalue weighted by Crippen LogP contribution is -2.40. The number of nitro benzene ring substituents is 1. The van der Waals surface area contributed by atoms with Gasteiger partial charge in [-0.05, 0) is 56.3 Å². The van der Waals surface area contributed by atoms with Gasteiger partial charge in [0.25, 0.3) is 5.69 Å². The molecular formula is C15H19N3O2S. The Kier molecular flexibility index (Phi) is 3.80. The van der Waals surface area contributed by atoms with Crippen molar-refractivity contribution in [3.05, 3.63) is 33.9 Å². The van der Waals surface area contributed by atoms with E-state index in [2.05, 4.69) is 10.6 Å². The van der Waals surface area contributed by atoms with Crippen molar-refractivity contribution in [3.63, 3.8) is 0 Å². The van der Waals surface area contributed by atoms with Crippen LogP contribution in [0.5, 0.6) is 0 Å². The van der Waals surface area contributed by atoms with Crippen LogP contribution < -0.4 is 10.6 Å². The normalized spacial score (nSPS) is 26.6. The first-order valence-electron chi connectivity index (χ1n) is 7.36. The second-order valence-electron chi connectivity index (χ2n) is 6.09. The summed E-state index contributed by atoms with van der Waals surface area (Å²) in [5.74, 6) is 1.59. The number of benzene rings is 1. The van der Waals surface area contributed by atoms with E-state index in [1.54, 1.807) is 13.0 Å². The minimum atomic E-state index is -0.368. The molecule has 3 atom stereocenters. The minimum absolute atomic E-state index is 0.114. The summed E-state index contributed by atoms with van der Waals surface area (Å²) in [4.78, 5) is 10.6. The summed E-state index contributed by atoms with van der Waals surface area (Å²) in [6, 6.07) is 5.46. The largest absolute Gasteiger partial charge is 0.359 e. The van der Waals surface area contributed by atoms with Crippen LogP contribution in [0.2, 0.25) is 0 Å². The number of nitrogens with zero attached hydrogens (tertiary/aromatic N) is 1. The third kappa shape index (κ3) is 2.85. The van der Waals surface area contributed by atoms with Crippen LogP contribution in [0.4, 0.5) is 11.4 Å². The van der Waals surface area contributed by atoms with Gasteiger partial charge in [-0.2, -0.15) is 0 Å². The van der Waals surface area contributed by atoms with Crippen molar-refractivity contribution in [1.29, 1.82) is 0 Å². The van der Waals surface area contributed by atoms with Gasteiger partial charge in [0.05, 0.1) is 10.5 Å². The Morgan fingerprint density at radius 2 is 2.19 bits per heavy atom. The van der Waals surface area contributed by atoms with Crippen molar-refractivity contribution in [2.24, 2.45) is 11.8 Å². The number of fused-ring (bicyclic) bond motifs is 2. The molecule has 2 aliphatic rings. The second kappa shape index (κ2) is 5.60. The molecule has 1 aromatic carbocycles. The highest BCUT2D eigenvalue weighted by molar-refractivity contribution is 7.80. The van der Waals surface area contributed by atoms with Gasteiger partial charge in [-0.25, -0.2) is 0 Å². The van der Waals surface area contributed by atoms with Gasteiger partial charge in [0, 0.05) is 17.8 Å². The van der Waals surface area contributed by atoms with Gasteiger partial charge in [0.1, 0.15) is 0 Å². The Morgan fingerprint density at radius 1 is 1.38 bits per heavy atom. The maximum Gasteiger partial charge on any atom is 0.274 e. The van der Waals surface area contributed by atoms with Gasteiger partial charge in [0.2, 0.25) is 0 Å². The molecule has 6 heteroatoms. The van der Waals surface area contributed by atoms with E-state index < -0.39 is 0 Å². The van der Waals surface area contributed by atoms with Gasteiger partial charge in [-0.3, -0.25) is 10.1 Å². The van der Waals surface area contributed by atoms with Crippen LogP contribution >= 0.6 is 12.2 Å². The molecular weight excluding hydrogens is 286 g/mol. The third-order valence-electron chi connectivity index (χ3n) is 4.80. The van der Waals surface area contributed by atoms with Crippen LogP contribution in [0.1, 0.15) is 31.2 Å². The molecule has 21 heavy (non-hydrogen) atoms. The first-order chi connectivity index (χ1) is 10.0. The number of nitro groups is 1. The van der Waals surface area contributed by atoms with E-state index in [0.29, 0.717) is 22.4 Å². The molecule has 2 bridgehead atoms. The van der Waals surface area contributed by atoms with Gasteiger partial charge < -0.3 is 10.6 Å². The summed E-state index contributed by atoms with van der Waals surface area (Å²) < 4.78 is 0. The van der Waals surface area contributed by atoms with Crippen LogP contribution in [-0.2, 0) is 0 Å². The number of anilines is 1. The lowest BCUT2D eigenvalue weighted by atomic mass is 9.95. The molecule has 112 valence electrons. The summed E-state index contributed by atoms with van der Waals surface area (Å²) in [5.41, 5.74) is 1.42. The van der Waals surface area contributed by atoms with Gasteiger partial charge in [0.15, 0.2) is 5.11 Å². The van der Waals surface area contributed by atoms with E-state index in [1.165, 1.54) is 31.7 Å². The maximum atomic E-state index is 11.0. The van der Waals surface area contributed by atoms with E-state index >= 15 is 0 Å². The van der Waals surface area contributed by atoms with Crippen molar-refractivity contribution in [2.75, 3.05) is 5.32 Å². The monoisotopic (exact) mass is 305 g/mol. The average molecular weight is 305 g/mol. The smallest absolute Gasteiger partial charge is 0.274 e. The summed E-state index contributed by atoms with van der Waals surface area (Å²) in [5, 5.41) is 18.0. The maximum absolute atomic E-state index is 11.0. The molecule has 2 fully saturated rings. The zero-order valence-electron chi connectivity index (χ0n) is 12.0. The molecule has 5 nitrogen and oxygen atoms in total. The van der Waals surface area contributed by atoms with Crippen molar-refractivity contribution in [2.45, 2.75) is 38.6 Å². The molecule has 2 N–H and O–H groups in total. The van der Waals surface area contributed by atoms with Gasteiger partial charge >= 0.3 is 0 Å². The van der Waals surface area contributed by atoms with Crippen molar-refractivity contribution < 1.29 is 4.92 Å². The molecule has 0 radical (unpaired) electrons. The topological polar surface area (TPSA) is 67.2 Å². The number of nitrogens with one attached hydrogen (secondary N) is 2. The summed E-state index contributed by atoms with van der Waals surface area (Å²) in [6.07, 6.45) is 5.16. The third-order valence-corrected chi connectivity index (χ3v) is 5.02. The molecule has 0 unspecified atom stereocenters. The van der Waals surface area contributed by atoms with Crippen LogP contribution in [0, 0.1) is 28.9 Å². The first kappa shape index (κ1) is 14.3. The summed E-state index contributed by atoms with van der Waals surface area (Å²) in [6.45, 7) is 1.74. The number of rotatable bonds is 3. The van der Waals surface area contributed by atoms with Gasteiger partial charge in [-0.1, -0.05) is 12.5 Å². The predicted molar refractivity (Wildman–Crippen MR) is 86.4 cm³/mol. The Labute approximate surface area is 129 Å². The second-order valence-corrected chi connectivity index (χ2v) is 6.49. The van der Waals surface area contributed by atoms with Crippen molar-refractivity contribution >= 4 is 28.7 Å². The highest BCUT2D eigenvalue weighted by atomic mass is 32.1. The number of hydrogen-bond donors (Lipinski definition) is 2. The average Bonchev–Trinajstić information content (AvgIpc) is 3.03. The molecule has 0 heterocycles. The van der Waals surface area contributed by atoms with Crippen molar-refractivity contribution in [3.8, 4) is 0 Å². The Bertz CT molecular complexity index is 590. The molecule has 0 amide bonds. The number of thiocarbonyl (C=S) groups is 1. The fourth-order valence-corrected chi connectivity index (χ4v) is 3.97. The molecule has 3 rings (SSSR count). The van der Waals surface area contributed by atoms with E-state index in [0.717, 1.165) is 11.8 Å². The minimum Gasteiger partial charge on any atom is -0.359 e. The molecule has 0 aliphatic heterocycles. The fourth-order valence-electron chi connectivity index (χ4n) is 3.70. The quantitative estimate of drug-likeness (QED) is 0.509. The predicted octanol–water partition coefficient (Wildman–Crippen LogP) is 3.38. The summed E-state index contributed by atoms with van der Waals surface area (Å²) >= 11 is 5.36. The molecule has 0 spiro atoms. The van der Waals surface area contributed by atoms with E-state index in [-0.39, 0.29) is 10.6 Å². The van der Waals surface area contributed by atoms with Crippen LogP contribution in [0.25, 0.3) is 0 Å². The highest BCUT2D eigenvalue weighted by Gasteiger charge is 2.39. The van der Waals surface area contributed by atoms with E-state index in [9.17, 15) is 10.1 Å². The summed E-state index contributed by atoms with van der Waals surface area (Å²) in [7, 11) is 0. The van der Waals surface area contributed by atoms with Crippen LogP contribution in [0.15, 0.2) is 18.2 Å². The zero-order valence-corrected chi connectivity index (χ0v) is 12.8. The molecule has 2 aliphatic carbocycles. The lowest BCUT2D eigenvalue weighted by molar-refractivity contribution is -0.385. The van der Waals surface area contributed by atoms with E-state index in [4.69, 9.17) is 12.2 Å². The molecule has 1 aromatic rings. The molecule has 2 saturated carbocycles. The Morgan fingerprint density at radius 3 is 2.81 bits per heavy atom. The lowest BCUT2D eigenvalue weighted by Gasteiger charge is -2.24. The Hall–Kier alpha value is -1.69. The SMILES string of the molecule is Cc1c(NC(=S)N[C@@H]2C[C@@H]3CC[C@@H]2C3)cccc1[N+](=O)[O-]. The van der Waals surface area contributed by atoms with E-state index in [1.807, 2.05) is 6.07 Å². The standard InChI is InChI=1S/C15H19N3O2S/c1-9-12(3-2-4-14(9)18(19)20)16-15(21)17-13-8-10-5-6-11(13)7-10/h2-4,10-11,13H,5-8H2,1H3,(H2,16,17,21)/t10-,11-,13-/m1/s1. The molecule has 0 aromatic heterocycles. The zero-order chi connectivity index (χ0) is 15.0. The van der Waals surface area contributed by atoms with Gasteiger partial charge in [-0.15, -0.1) is 0 Å². The Balaban J connectivity index is 1.65. The number of hydrogen-bond acceptors (Lipinski definition) is 3.